The first-order valence-corrected chi connectivity index (χ1v) is 6.77. The molecule has 1 aromatic rings. The SMILES string of the molecule is CCNc1ccc(C(=O)NC(C)C2CC2)c(C)c1. The van der Waals surface area contributed by atoms with E-state index in [2.05, 4.69) is 24.5 Å². The van der Waals surface area contributed by atoms with E-state index in [0.717, 1.165) is 23.4 Å². The highest BCUT2D eigenvalue weighted by molar-refractivity contribution is 5.96. The molecule has 3 heteroatoms. The second-order valence-corrected chi connectivity index (χ2v) is 5.16. The lowest BCUT2D eigenvalue weighted by Crippen LogP contribution is -2.34. The molecule has 98 valence electrons. The molecule has 2 N–H and O–H groups in total. The van der Waals surface area contributed by atoms with Crippen LogP contribution in [0.4, 0.5) is 5.69 Å². The zero-order valence-electron chi connectivity index (χ0n) is 11.4. The normalized spacial score (nSPS) is 16.2. The second kappa shape index (κ2) is 5.42. The molecule has 1 amide bonds. The molecule has 18 heavy (non-hydrogen) atoms. The van der Waals surface area contributed by atoms with Gasteiger partial charge in [-0.15, -0.1) is 0 Å². The molecule has 1 aliphatic carbocycles. The molecule has 1 atom stereocenters. The van der Waals surface area contributed by atoms with Crippen molar-refractivity contribution in [1.82, 2.24) is 5.32 Å². The number of amides is 1. The molecule has 1 aromatic carbocycles. The van der Waals surface area contributed by atoms with Gasteiger partial charge >= 0.3 is 0 Å². The Balaban J connectivity index is 2.04. The molecule has 0 aliphatic heterocycles. The van der Waals surface area contributed by atoms with Crippen LogP contribution in [0.2, 0.25) is 0 Å². The maximum atomic E-state index is 12.1. The molecule has 3 nitrogen and oxygen atoms in total. The summed E-state index contributed by atoms with van der Waals surface area (Å²) < 4.78 is 0. The summed E-state index contributed by atoms with van der Waals surface area (Å²) in [4.78, 5) is 12.1. The van der Waals surface area contributed by atoms with E-state index in [9.17, 15) is 4.79 Å². The minimum Gasteiger partial charge on any atom is -0.385 e. The fourth-order valence-electron chi connectivity index (χ4n) is 2.23. The van der Waals surface area contributed by atoms with Gasteiger partial charge < -0.3 is 10.6 Å². The molecule has 0 saturated heterocycles. The molecular formula is C15H22N2O. The fraction of sp³-hybridized carbons (Fsp3) is 0.533. The first-order chi connectivity index (χ1) is 8.61. The van der Waals surface area contributed by atoms with E-state index in [-0.39, 0.29) is 5.91 Å². The van der Waals surface area contributed by atoms with Crippen molar-refractivity contribution >= 4 is 11.6 Å². The Kier molecular flexibility index (Phi) is 3.90. The van der Waals surface area contributed by atoms with Gasteiger partial charge in [0.15, 0.2) is 0 Å². The molecule has 0 radical (unpaired) electrons. The summed E-state index contributed by atoms with van der Waals surface area (Å²) in [5.41, 5.74) is 2.87. The number of hydrogen-bond acceptors (Lipinski definition) is 2. The van der Waals surface area contributed by atoms with Crippen LogP contribution in [0.1, 0.15) is 42.6 Å². The molecule has 0 heterocycles. The maximum Gasteiger partial charge on any atom is 0.251 e. The smallest absolute Gasteiger partial charge is 0.251 e. The third-order valence-electron chi connectivity index (χ3n) is 3.54. The number of carbonyl (C=O) groups excluding carboxylic acids is 1. The first kappa shape index (κ1) is 12.9. The van der Waals surface area contributed by atoms with Gasteiger partial charge in [-0.3, -0.25) is 4.79 Å². The van der Waals surface area contributed by atoms with Crippen LogP contribution >= 0.6 is 0 Å². The summed E-state index contributed by atoms with van der Waals surface area (Å²) in [5, 5.41) is 6.34. The van der Waals surface area contributed by atoms with Crippen molar-refractivity contribution < 1.29 is 4.79 Å². The molecule has 0 bridgehead atoms. The van der Waals surface area contributed by atoms with Gasteiger partial charge in [-0.05, 0) is 63.3 Å². The fourth-order valence-corrected chi connectivity index (χ4v) is 2.23. The van der Waals surface area contributed by atoms with E-state index >= 15 is 0 Å². The quantitative estimate of drug-likeness (QED) is 0.838. The predicted octanol–water partition coefficient (Wildman–Crippen LogP) is 2.96. The van der Waals surface area contributed by atoms with E-state index in [0.29, 0.717) is 12.0 Å². The molecule has 1 unspecified atom stereocenters. The van der Waals surface area contributed by atoms with E-state index in [1.54, 1.807) is 0 Å². The lowest BCUT2D eigenvalue weighted by molar-refractivity contribution is 0.0935. The summed E-state index contributed by atoms with van der Waals surface area (Å²) in [5.74, 6) is 0.741. The first-order valence-electron chi connectivity index (χ1n) is 6.77. The molecule has 0 aromatic heterocycles. The van der Waals surface area contributed by atoms with Crippen molar-refractivity contribution in [3.05, 3.63) is 29.3 Å². The summed E-state index contributed by atoms with van der Waals surface area (Å²) in [6.07, 6.45) is 2.50. The van der Waals surface area contributed by atoms with E-state index in [1.807, 2.05) is 25.1 Å². The van der Waals surface area contributed by atoms with E-state index in [1.165, 1.54) is 12.8 Å². The largest absolute Gasteiger partial charge is 0.385 e. The average molecular weight is 246 g/mol. The second-order valence-electron chi connectivity index (χ2n) is 5.16. The number of benzene rings is 1. The monoisotopic (exact) mass is 246 g/mol. The van der Waals surface area contributed by atoms with E-state index < -0.39 is 0 Å². The number of rotatable bonds is 5. The highest BCUT2D eigenvalue weighted by Crippen LogP contribution is 2.32. The molecule has 1 fully saturated rings. The van der Waals surface area contributed by atoms with Crippen molar-refractivity contribution in [2.45, 2.75) is 39.7 Å². The van der Waals surface area contributed by atoms with Gasteiger partial charge in [-0.1, -0.05) is 0 Å². The highest BCUT2D eigenvalue weighted by Gasteiger charge is 2.29. The minimum absolute atomic E-state index is 0.0509. The van der Waals surface area contributed by atoms with Gasteiger partial charge in [0.1, 0.15) is 0 Å². The van der Waals surface area contributed by atoms with Crippen LogP contribution in [0.5, 0.6) is 0 Å². The molecule has 0 spiro atoms. The summed E-state index contributed by atoms with van der Waals surface area (Å²) in [6, 6.07) is 6.20. The van der Waals surface area contributed by atoms with Gasteiger partial charge in [-0.25, -0.2) is 0 Å². The van der Waals surface area contributed by atoms with Crippen molar-refractivity contribution in [3.8, 4) is 0 Å². The molecule has 1 aliphatic rings. The standard InChI is InChI=1S/C15H22N2O/c1-4-16-13-7-8-14(10(2)9-13)15(18)17-11(3)12-5-6-12/h7-9,11-12,16H,4-6H2,1-3H3,(H,17,18). The zero-order chi connectivity index (χ0) is 13.1. The van der Waals surface area contributed by atoms with Crippen LogP contribution in [0, 0.1) is 12.8 Å². The van der Waals surface area contributed by atoms with Crippen LogP contribution in [0.15, 0.2) is 18.2 Å². The van der Waals surface area contributed by atoms with Gasteiger partial charge in [0, 0.05) is 23.8 Å². The lowest BCUT2D eigenvalue weighted by atomic mass is 10.1. The minimum atomic E-state index is 0.0509. The number of aryl methyl sites for hydroxylation is 1. The Morgan fingerprint density at radius 3 is 2.72 bits per heavy atom. The van der Waals surface area contributed by atoms with Gasteiger partial charge in [0.2, 0.25) is 0 Å². The number of hydrogen-bond donors (Lipinski definition) is 2. The summed E-state index contributed by atoms with van der Waals surface area (Å²) in [7, 11) is 0. The summed E-state index contributed by atoms with van der Waals surface area (Å²) >= 11 is 0. The topological polar surface area (TPSA) is 41.1 Å². The Bertz CT molecular complexity index is 438. The van der Waals surface area contributed by atoms with Crippen LogP contribution in [0.3, 0.4) is 0 Å². The van der Waals surface area contributed by atoms with Crippen molar-refractivity contribution in [3.63, 3.8) is 0 Å². The number of carbonyl (C=O) groups is 1. The Morgan fingerprint density at radius 2 is 2.17 bits per heavy atom. The number of anilines is 1. The molecule has 2 rings (SSSR count). The van der Waals surface area contributed by atoms with Gasteiger partial charge in [0.25, 0.3) is 5.91 Å². The van der Waals surface area contributed by atoms with Crippen molar-refractivity contribution in [2.24, 2.45) is 5.92 Å². The highest BCUT2D eigenvalue weighted by atomic mass is 16.1. The van der Waals surface area contributed by atoms with Crippen molar-refractivity contribution in [2.75, 3.05) is 11.9 Å². The van der Waals surface area contributed by atoms with Gasteiger partial charge in [0.05, 0.1) is 0 Å². The van der Waals surface area contributed by atoms with Crippen LogP contribution in [-0.2, 0) is 0 Å². The molecular weight excluding hydrogens is 224 g/mol. The van der Waals surface area contributed by atoms with Crippen LogP contribution in [0.25, 0.3) is 0 Å². The Hall–Kier alpha value is -1.51. The van der Waals surface area contributed by atoms with Crippen molar-refractivity contribution in [1.29, 1.82) is 0 Å². The van der Waals surface area contributed by atoms with Gasteiger partial charge in [-0.2, -0.15) is 0 Å². The Morgan fingerprint density at radius 1 is 1.44 bits per heavy atom. The maximum absolute atomic E-state index is 12.1. The lowest BCUT2D eigenvalue weighted by Gasteiger charge is -2.14. The van der Waals surface area contributed by atoms with Crippen LogP contribution in [-0.4, -0.2) is 18.5 Å². The summed E-state index contributed by atoms with van der Waals surface area (Å²) in [6.45, 7) is 7.03. The average Bonchev–Trinajstić information content (AvgIpc) is 3.13. The zero-order valence-corrected chi connectivity index (χ0v) is 11.4. The van der Waals surface area contributed by atoms with Crippen LogP contribution < -0.4 is 10.6 Å². The third kappa shape index (κ3) is 3.03. The molecule has 1 saturated carbocycles. The van der Waals surface area contributed by atoms with E-state index in [4.69, 9.17) is 0 Å². The number of nitrogens with one attached hydrogen (secondary N) is 2. The Labute approximate surface area is 109 Å². The predicted molar refractivity (Wildman–Crippen MR) is 75.0 cm³/mol. The third-order valence-corrected chi connectivity index (χ3v) is 3.54.